The number of halogens is 2. The fourth-order valence-electron chi connectivity index (χ4n) is 2.74. The van der Waals surface area contributed by atoms with E-state index in [1.54, 1.807) is 24.3 Å². The smallest absolute Gasteiger partial charge is 0.240 e. The first-order chi connectivity index (χ1) is 11.8. The Labute approximate surface area is 174 Å². The number of sulfonamides is 1. The van der Waals surface area contributed by atoms with Crippen molar-refractivity contribution in [2.75, 3.05) is 45.8 Å². The Bertz CT molecular complexity index is 678. The summed E-state index contributed by atoms with van der Waals surface area (Å²) in [5.41, 5.74) is 6.57. The Balaban J connectivity index is 0.00000338. The van der Waals surface area contributed by atoms with E-state index in [4.69, 9.17) is 5.73 Å². The number of hydrogen-bond donors (Lipinski definition) is 2. The average molecular weight is 441 g/mol. The molecule has 1 saturated heterocycles. The van der Waals surface area contributed by atoms with Gasteiger partial charge in [-0.25, -0.2) is 13.1 Å². The third kappa shape index (κ3) is 7.56. The Morgan fingerprint density at radius 3 is 2.22 bits per heavy atom. The normalized spacial score (nSPS) is 16.2. The number of nitrogens with two attached hydrogens (primary N) is 1. The number of carbonyl (C=O) groups excluding carboxylic acids is 1. The lowest BCUT2D eigenvalue weighted by Gasteiger charge is -2.35. The molecule has 1 unspecified atom stereocenters. The molecule has 1 fully saturated rings. The molecule has 156 valence electrons. The van der Waals surface area contributed by atoms with Crippen LogP contribution in [0.1, 0.15) is 12.5 Å². The van der Waals surface area contributed by atoms with Crippen LogP contribution in [0, 0.1) is 12.8 Å². The van der Waals surface area contributed by atoms with Crippen molar-refractivity contribution in [2.24, 2.45) is 11.7 Å². The minimum atomic E-state index is -3.47. The fraction of sp³-hybridized carbons (Fsp3) is 0.588. The minimum Gasteiger partial charge on any atom is -0.340 e. The largest absolute Gasteiger partial charge is 0.340 e. The molecule has 1 aromatic carbocycles. The molecule has 1 aliphatic rings. The lowest BCUT2D eigenvalue weighted by Crippen LogP contribution is -2.52. The second-order valence-corrected chi connectivity index (χ2v) is 8.28. The first kappa shape index (κ1) is 26.1. The lowest BCUT2D eigenvalue weighted by molar-refractivity contribution is -0.136. The standard InChI is InChI=1S/C17H28N4O3S.2ClH/c1-14-3-5-16(6-4-14)25(23,24)19-7-8-20-9-11-21(12-10-20)17(22)15(2)13-18;;/h3-6,15,19H,7-13,18H2,1-2H3;2*1H. The molecule has 27 heavy (non-hydrogen) atoms. The van der Waals surface area contributed by atoms with E-state index >= 15 is 0 Å². The molecule has 0 aromatic heterocycles. The number of nitrogens with one attached hydrogen (secondary N) is 1. The van der Waals surface area contributed by atoms with E-state index in [2.05, 4.69) is 9.62 Å². The zero-order chi connectivity index (χ0) is 18.4. The Hall–Kier alpha value is -0.900. The predicted molar refractivity (Wildman–Crippen MR) is 112 cm³/mol. The van der Waals surface area contributed by atoms with Crippen molar-refractivity contribution in [3.05, 3.63) is 29.8 Å². The van der Waals surface area contributed by atoms with Crippen LogP contribution in [0.5, 0.6) is 0 Å². The first-order valence-corrected chi connectivity index (χ1v) is 10.1. The summed E-state index contributed by atoms with van der Waals surface area (Å²) in [7, 11) is -3.47. The monoisotopic (exact) mass is 440 g/mol. The van der Waals surface area contributed by atoms with Crippen LogP contribution in [-0.2, 0) is 14.8 Å². The summed E-state index contributed by atoms with van der Waals surface area (Å²) < 4.78 is 27.1. The van der Waals surface area contributed by atoms with Crippen molar-refractivity contribution in [3.8, 4) is 0 Å². The fourth-order valence-corrected chi connectivity index (χ4v) is 3.76. The number of carbonyl (C=O) groups is 1. The second kappa shape index (κ2) is 11.8. The zero-order valence-electron chi connectivity index (χ0n) is 15.8. The van der Waals surface area contributed by atoms with Gasteiger partial charge in [-0.1, -0.05) is 24.6 Å². The van der Waals surface area contributed by atoms with Crippen molar-refractivity contribution in [2.45, 2.75) is 18.7 Å². The summed E-state index contributed by atoms with van der Waals surface area (Å²) in [6, 6.07) is 6.79. The van der Waals surface area contributed by atoms with Crippen molar-refractivity contribution >= 4 is 40.7 Å². The van der Waals surface area contributed by atoms with Crippen molar-refractivity contribution in [1.29, 1.82) is 0 Å². The molecule has 1 aliphatic heterocycles. The highest BCUT2D eigenvalue weighted by Crippen LogP contribution is 2.10. The maximum atomic E-state index is 12.2. The van der Waals surface area contributed by atoms with Gasteiger partial charge in [-0.3, -0.25) is 9.69 Å². The highest BCUT2D eigenvalue weighted by Gasteiger charge is 2.24. The Morgan fingerprint density at radius 2 is 1.70 bits per heavy atom. The van der Waals surface area contributed by atoms with Crippen LogP contribution in [0.25, 0.3) is 0 Å². The molecule has 1 atom stereocenters. The number of nitrogens with zero attached hydrogens (tertiary/aromatic N) is 2. The maximum absolute atomic E-state index is 12.2. The Morgan fingerprint density at radius 1 is 1.15 bits per heavy atom. The average Bonchev–Trinajstić information content (AvgIpc) is 2.61. The van der Waals surface area contributed by atoms with Gasteiger partial charge < -0.3 is 10.6 Å². The van der Waals surface area contributed by atoms with Gasteiger partial charge >= 0.3 is 0 Å². The number of rotatable bonds is 7. The first-order valence-electron chi connectivity index (χ1n) is 8.61. The van der Waals surface area contributed by atoms with Crippen molar-refractivity contribution in [1.82, 2.24) is 14.5 Å². The van der Waals surface area contributed by atoms with Gasteiger partial charge in [0.2, 0.25) is 15.9 Å². The van der Waals surface area contributed by atoms with Gasteiger partial charge in [0.05, 0.1) is 4.90 Å². The summed E-state index contributed by atoms with van der Waals surface area (Å²) in [5.74, 6) is -0.0462. The zero-order valence-corrected chi connectivity index (χ0v) is 18.2. The van der Waals surface area contributed by atoms with Crippen LogP contribution in [0.2, 0.25) is 0 Å². The maximum Gasteiger partial charge on any atom is 0.240 e. The number of benzene rings is 1. The summed E-state index contributed by atoms with van der Waals surface area (Å²) in [5, 5.41) is 0. The highest BCUT2D eigenvalue weighted by atomic mass is 35.5. The van der Waals surface area contributed by atoms with E-state index in [0.29, 0.717) is 32.7 Å². The molecule has 2 rings (SSSR count). The molecule has 0 radical (unpaired) electrons. The van der Waals surface area contributed by atoms with Crippen LogP contribution < -0.4 is 10.5 Å². The van der Waals surface area contributed by atoms with E-state index in [-0.39, 0.29) is 41.5 Å². The SMILES string of the molecule is Cc1ccc(S(=O)(=O)NCCN2CCN(C(=O)C(C)CN)CC2)cc1.Cl.Cl. The van der Waals surface area contributed by atoms with Crippen LogP contribution >= 0.6 is 24.8 Å². The van der Waals surface area contributed by atoms with Crippen LogP contribution in [-0.4, -0.2) is 69.9 Å². The molecule has 0 bridgehead atoms. The lowest BCUT2D eigenvalue weighted by atomic mass is 10.1. The predicted octanol–water partition coefficient (Wildman–Crippen LogP) is 0.856. The molecule has 1 aromatic rings. The topological polar surface area (TPSA) is 95.7 Å². The van der Waals surface area contributed by atoms with E-state index < -0.39 is 10.0 Å². The molecule has 1 heterocycles. The van der Waals surface area contributed by atoms with Gasteiger partial charge in [-0.05, 0) is 19.1 Å². The van der Waals surface area contributed by atoms with Gasteiger partial charge in [0.15, 0.2) is 0 Å². The third-order valence-electron chi connectivity index (χ3n) is 4.51. The van der Waals surface area contributed by atoms with E-state index in [1.165, 1.54) is 0 Å². The molecular weight excluding hydrogens is 411 g/mol. The third-order valence-corrected chi connectivity index (χ3v) is 5.99. The van der Waals surface area contributed by atoms with Crippen LogP contribution in [0.3, 0.4) is 0 Å². The van der Waals surface area contributed by atoms with E-state index in [1.807, 2.05) is 18.7 Å². The number of aryl methyl sites for hydroxylation is 1. The number of hydrogen-bond acceptors (Lipinski definition) is 5. The van der Waals surface area contributed by atoms with Gasteiger partial charge in [-0.2, -0.15) is 0 Å². The van der Waals surface area contributed by atoms with Gasteiger partial charge in [0.25, 0.3) is 0 Å². The quantitative estimate of drug-likeness (QED) is 0.655. The van der Waals surface area contributed by atoms with Crippen LogP contribution in [0.15, 0.2) is 29.2 Å². The van der Waals surface area contributed by atoms with E-state index in [0.717, 1.165) is 18.7 Å². The van der Waals surface area contributed by atoms with Gasteiger partial charge in [0.1, 0.15) is 0 Å². The molecule has 7 nitrogen and oxygen atoms in total. The summed E-state index contributed by atoms with van der Waals surface area (Å²) >= 11 is 0. The summed E-state index contributed by atoms with van der Waals surface area (Å²) in [4.78, 5) is 16.4. The van der Waals surface area contributed by atoms with Crippen molar-refractivity contribution in [3.63, 3.8) is 0 Å². The minimum absolute atomic E-state index is 0. The molecule has 0 aliphatic carbocycles. The molecule has 0 saturated carbocycles. The molecule has 0 spiro atoms. The molecule has 10 heteroatoms. The summed E-state index contributed by atoms with van der Waals surface area (Å²) in [6.45, 7) is 7.91. The molecular formula is C17H30Cl2N4O3S. The summed E-state index contributed by atoms with van der Waals surface area (Å²) in [6.07, 6.45) is 0. The highest BCUT2D eigenvalue weighted by molar-refractivity contribution is 7.89. The number of piperazine rings is 1. The van der Waals surface area contributed by atoms with Gasteiger partial charge in [-0.15, -0.1) is 24.8 Å². The molecule has 1 amide bonds. The van der Waals surface area contributed by atoms with Crippen LogP contribution in [0.4, 0.5) is 0 Å². The number of amides is 1. The Kier molecular flexibility index (Phi) is 11.4. The van der Waals surface area contributed by atoms with Gasteiger partial charge in [0, 0.05) is 51.7 Å². The van der Waals surface area contributed by atoms with E-state index in [9.17, 15) is 13.2 Å². The van der Waals surface area contributed by atoms with Crippen molar-refractivity contribution < 1.29 is 13.2 Å². The second-order valence-electron chi connectivity index (χ2n) is 6.51. The molecule has 3 N–H and O–H groups in total.